The first-order valence-electron chi connectivity index (χ1n) is 7.84. The number of hydrogen-bond donors (Lipinski definition) is 1. The van der Waals surface area contributed by atoms with Crippen LogP contribution in [-0.2, 0) is 10.0 Å². The molecule has 0 radical (unpaired) electrons. The van der Waals surface area contributed by atoms with Crippen molar-refractivity contribution < 1.29 is 13.3 Å². The summed E-state index contributed by atoms with van der Waals surface area (Å²) in [6, 6.07) is 4.09. The molecule has 8 nitrogen and oxygen atoms in total. The first kappa shape index (κ1) is 18.6. The highest BCUT2D eigenvalue weighted by atomic mass is 32.2. The van der Waals surface area contributed by atoms with E-state index in [2.05, 4.69) is 6.92 Å². The number of hydrogen-bond acceptors (Lipinski definition) is 6. The molecule has 2 atom stereocenters. The van der Waals surface area contributed by atoms with Crippen LogP contribution in [0, 0.1) is 22.0 Å². The highest BCUT2D eigenvalue weighted by Crippen LogP contribution is 2.35. The van der Waals surface area contributed by atoms with E-state index in [1.165, 1.54) is 26.2 Å². The molecule has 1 heterocycles. The Bertz CT molecular complexity index is 720. The molecule has 0 saturated carbocycles. The van der Waals surface area contributed by atoms with Gasteiger partial charge in [0, 0.05) is 33.3 Å². The van der Waals surface area contributed by atoms with E-state index in [4.69, 9.17) is 5.73 Å². The molecular weight excluding hydrogens is 332 g/mol. The molecule has 0 bridgehead atoms. The molecule has 9 heteroatoms. The van der Waals surface area contributed by atoms with Gasteiger partial charge in [-0.2, -0.15) is 0 Å². The van der Waals surface area contributed by atoms with Crippen molar-refractivity contribution in [2.24, 2.45) is 17.6 Å². The molecule has 0 amide bonds. The molecular formula is C15H24N4O4S. The fraction of sp³-hybridized carbons (Fsp3) is 0.600. The summed E-state index contributed by atoms with van der Waals surface area (Å²) >= 11 is 0. The summed E-state index contributed by atoms with van der Waals surface area (Å²) in [6.07, 6.45) is 0.900. The summed E-state index contributed by atoms with van der Waals surface area (Å²) in [4.78, 5) is 12.8. The van der Waals surface area contributed by atoms with E-state index < -0.39 is 14.9 Å². The van der Waals surface area contributed by atoms with Gasteiger partial charge in [0.1, 0.15) is 5.69 Å². The van der Waals surface area contributed by atoms with Crippen molar-refractivity contribution in [3.63, 3.8) is 0 Å². The maximum atomic E-state index is 12.2. The van der Waals surface area contributed by atoms with Crippen LogP contribution < -0.4 is 10.6 Å². The Morgan fingerprint density at radius 2 is 2.08 bits per heavy atom. The molecule has 0 spiro atoms. The second kappa shape index (κ2) is 7.04. The minimum Gasteiger partial charge on any atom is -0.366 e. The predicted molar refractivity (Wildman–Crippen MR) is 92.5 cm³/mol. The van der Waals surface area contributed by atoms with E-state index in [1.807, 2.05) is 4.90 Å². The van der Waals surface area contributed by atoms with E-state index in [0.29, 0.717) is 31.2 Å². The Morgan fingerprint density at radius 1 is 1.42 bits per heavy atom. The number of nitrogens with two attached hydrogens (primary N) is 1. The average Bonchev–Trinajstić information content (AvgIpc) is 2.54. The topological polar surface area (TPSA) is 110 Å². The summed E-state index contributed by atoms with van der Waals surface area (Å²) in [7, 11) is -0.923. The average molecular weight is 356 g/mol. The number of rotatable bonds is 5. The van der Waals surface area contributed by atoms with Gasteiger partial charge in [-0.15, -0.1) is 0 Å². The van der Waals surface area contributed by atoms with Gasteiger partial charge >= 0.3 is 0 Å². The molecule has 2 rings (SSSR count). The fourth-order valence-corrected chi connectivity index (χ4v) is 3.89. The zero-order valence-electron chi connectivity index (χ0n) is 14.2. The summed E-state index contributed by atoms with van der Waals surface area (Å²) in [5.74, 6) is 0.738. The first-order chi connectivity index (χ1) is 11.2. The van der Waals surface area contributed by atoms with E-state index in [-0.39, 0.29) is 16.5 Å². The van der Waals surface area contributed by atoms with Crippen LogP contribution >= 0.6 is 0 Å². The number of sulfonamides is 1. The van der Waals surface area contributed by atoms with E-state index in [1.54, 1.807) is 0 Å². The van der Waals surface area contributed by atoms with Gasteiger partial charge in [-0.25, -0.2) is 12.7 Å². The Morgan fingerprint density at radius 3 is 2.62 bits per heavy atom. The number of benzene rings is 1. The van der Waals surface area contributed by atoms with Crippen molar-refractivity contribution in [3.8, 4) is 0 Å². The minimum atomic E-state index is -3.71. The standard InChI is InChI=1S/C15H24N4O4S/c1-11-6-7-18(10-12(11)9-16)14-5-4-13(8-15(14)19(20)21)24(22,23)17(2)3/h4-5,8,11-12H,6-7,9-10,16H2,1-3H3. The quantitative estimate of drug-likeness (QED) is 0.628. The highest BCUT2D eigenvalue weighted by molar-refractivity contribution is 7.89. The van der Waals surface area contributed by atoms with Gasteiger partial charge in [-0.1, -0.05) is 6.92 Å². The summed E-state index contributed by atoms with van der Waals surface area (Å²) < 4.78 is 25.5. The van der Waals surface area contributed by atoms with E-state index in [0.717, 1.165) is 16.8 Å². The van der Waals surface area contributed by atoms with Gasteiger partial charge in [-0.3, -0.25) is 10.1 Å². The second-order valence-corrected chi connectivity index (χ2v) is 8.55. The molecule has 1 saturated heterocycles. The number of nitro benzene ring substituents is 1. The zero-order valence-corrected chi connectivity index (χ0v) is 15.0. The van der Waals surface area contributed by atoms with Crippen LogP contribution in [0.25, 0.3) is 0 Å². The van der Waals surface area contributed by atoms with Crippen LogP contribution in [0.1, 0.15) is 13.3 Å². The molecule has 0 aliphatic carbocycles. The molecule has 2 unspecified atom stereocenters. The third-order valence-electron chi connectivity index (χ3n) is 4.68. The third kappa shape index (κ3) is 3.52. The van der Waals surface area contributed by atoms with Crippen molar-refractivity contribution in [2.75, 3.05) is 38.6 Å². The van der Waals surface area contributed by atoms with Gasteiger partial charge in [0.05, 0.1) is 9.82 Å². The van der Waals surface area contributed by atoms with Gasteiger partial charge in [0.2, 0.25) is 10.0 Å². The molecule has 0 aromatic heterocycles. The maximum Gasteiger partial charge on any atom is 0.293 e. The minimum absolute atomic E-state index is 0.0799. The monoisotopic (exact) mass is 356 g/mol. The number of nitrogens with zero attached hydrogens (tertiary/aromatic N) is 3. The normalized spacial score (nSPS) is 22.0. The molecule has 1 fully saturated rings. The zero-order chi connectivity index (χ0) is 18.1. The second-order valence-electron chi connectivity index (χ2n) is 6.40. The number of nitro groups is 1. The summed E-state index contributed by atoms with van der Waals surface area (Å²) in [5.41, 5.74) is 6.06. The lowest BCUT2D eigenvalue weighted by Crippen LogP contribution is -2.42. The van der Waals surface area contributed by atoms with Crippen LogP contribution in [0.2, 0.25) is 0 Å². The van der Waals surface area contributed by atoms with Gasteiger partial charge in [0.15, 0.2) is 0 Å². The molecule has 1 aliphatic heterocycles. The fourth-order valence-electron chi connectivity index (χ4n) is 2.96. The maximum absolute atomic E-state index is 12.2. The van der Waals surface area contributed by atoms with Crippen molar-refractivity contribution in [2.45, 2.75) is 18.2 Å². The largest absolute Gasteiger partial charge is 0.366 e. The number of anilines is 1. The Hall–Kier alpha value is -1.71. The van der Waals surface area contributed by atoms with Crippen molar-refractivity contribution in [3.05, 3.63) is 28.3 Å². The SMILES string of the molecule is CC1CCN(c2ccc(S(=O)(=O)N(C)C)cc2[N+](=O)[O-])CC1CN. The molecule has 2 N–H and O–H groups in total. The van der Waals surface area contributed by atoms with Crippen molar-refractivity contribution >= 4 is 21.4 Å². The summed E-state index contributed by atoms with van der Waals surface area (Å²) in [5, 5.41) is 11.5. The van der Waals surface area contributed by atoms with Crippen LogP contribution in [-0.4, -0.2) is 51.4 Å². The van der Waals surface area contributed by atoms with Gasteiger partial charge in [-0.05, 0) is 36.9 Å². The molecule has 1 aliphatic rings. The Balaban J connectivity index is 2.43. The van der Waals surface area contributed by atoms with E-state index in [9.17, 15) is 18.5 Å². The first-order valence-corrected chi connectivity index (χ1v) is 9.28. The number of piperidine rings is 1. The summed E-state index contributed by atoms with van der Waals surface area (Å²) in [6.45, 7) is 3.99. The lowest BCUT2D eigenvalue weighted by molar-refractivity contribution is -0.384. The van der Waals surface area contributed by atoms with Crippen LogP contribution in [0.4, 0.5) is 11.4 Å². The van der Waals surface area contributed by atoms with Crippen LogP contribution in [0.5, 0.6) is 0 Å². The lowest BCUT2D eigenvalue weighted by Gasteiger charge is -2.37. The van der Waals surface area contributed by atoms with Gasteiger partial charge < -0.3 is 10.6 Å². The molecule has 134 valence electrons. The van der Waals surface area contributed by atoms with Crippen LogP contribution in [0.3, 0.4) is 0 Å². The highest BCUT2D eigenvalue weighted by Gasteiger charge is 2.30. The third-order valence-corrected chi connectivity index (χ3v) is 6.49. The lowest BCUT2D eigenvalue weighted by atomic mass is 9.87. The molecule has 1 aromatic rings. The predicted octanol–water partition coefficient (Wildman–Crippen LogP) is 1.27. The van der Waals surface area contributed by atoms with Gasteiger partial charge in [0.25, 0.3) is 5.69 Å². The molecule has 24 heavy (non-hydrogen) atoms. The van der Waals surface area contributed by atoms with E-state index >= 15 is 0 Å². The smallest absolute Gasteiger partial charge is 0.293 e. The van der Waals surface area contributed by atoms with Crippen molar-refractivity contribution in [1.29, 1.82) is 0 Å². The Kier molecular flexibility index (Phi) is 5.46. The molecule has 1 aromatic carbocycles. The van der Waals surface area contributed by atoms with Crippen molar-refractivity contribution in [1.82, 2.24) is 4.31 Å². The van der Waals surface area contributed by atoms with Crippen LogP contribution in [0.15, 0.2) is 23.1 Å². The Labute approximate surface area is 142 Å².